The Morgan fingerprint density at radius 1 is 1.48 bits per heavy atom. The molecule has 5 heteroatoms. The summed E-state index contributed by atoms with van der Waals surface area (Å²) >= 11 is 0. The lowest BCUT2D eigenvalue weighted by atomic mass is 10.1. The summed E-state index contributed by atoms with van der Waals surface area (Å²) in [6, 6.07) is 3.86. The summed E-state index contributed by atoms with van der Waals surface area (Å²) < 4.78 is 11.6. The number of rotatable bonds is 4. The van der Waals surface area contributed by atoms with Crippen molar-refractivity contribution in [2.45, 2.75) is 33.3 Å². The molecule has 0 aliphatic carbocycles. The van der Waals surface area contributed by atoms with E-state index in [0.29, 0.717) is 18.8 Å². The standard InChI is InChI=1S/C16H20N2O3/c1-4-17-16(19)12-8-11-13(20-5-2)7-10-6-9(3)21-15(10)14(11)18-12/h7-9,18H,4-6H2,1-3H3,(H,17,19)/t9-/m1/s1. The van der Waals surface area contributed by atoms with Crippen molar-refractivity contribution in [2.24, 2.45) is 0 Å². The molecule has 0 unspecified atom stereocenters. The summed E-state index contributed by atoms with van der Waals surface area (Å²) in [5.74, 6) is 1.53. The average Bonchev–Trinajstić information content (AvgIpc) is 3.02. The molecule has 0 radical (unpaired) electrons. The second-order valence-electron chi connectivity index (χ2n) is 5.26. The second-order valence-corrected chi connectivity index (χ2v) is 5.26. The lowest BCUT2D eigenvalue weighted by molar-refractivity contribution is 0.0951. The zero-order valence-electron chi connectivity index (χ0n) is 12.6. The maximum Gasteiger partial charge on any atom is 0.267 e. The minimum absolute atomic E-state index is 0.115. The normalized spacial score (nSPS) is 16.6. The Labute approximate surface area is 123 Å². The van der Waals surface area contributed by atoms with Gasteiger partial charge in [0.15, 0.2) is 0 Å². The largest absolute Gasteiger partial charge is 0.493 e. The minimum atomic E-state index is -0.115. The van der Waals surface area contributed by atoms with Crippen LogP contribution in [0.25, 0.3) is 10.9 Å². The van der Waals surface area contributed by atoms with Crippen molar-refractivity contribution >= 4 is 16.8 Å². The van der Waals surface area contributed by atoms with Gasteiger partial charge in [-0.25, -0.2) is 0 Å². The Morgan fingerprint density at radius 3 is 3.00 bits per heavy atom. The highest BCUT2D eigenvalue weighted by Crippen LogP contribution is 2.41. The van der Waals surface area contributed by atoms with Crippen LogP contribution in [0.4, 0.5) is 0 Å². The van der Waals surface area contributed by atoms with E-state index in [9.17, 15) is 4.79 Å². The molecule has 0 bridgehead atoms. The van der Waals surface area contributed by atoms with Crippen LogP contribution >= 0.6 is 0 Å². The minimum Gasteiger partial charge on any atom is -0.493 e. The number of nitrogens with one attached hydrogen (secondary N) is 2. The van der Waals surface area contributed by atoms with Gasteiger partial charge in [-0.15, -0.1) is 0 Å². The van der Waals surface area contributed by atoms with Crippen molar-refractivity contribution in [2.75, 3.05) is 13.2 Å². The van der Waals surface area contributed by atoms with Crippen molar-refractivity contribution in [3.63, 3.8) is 0 Å². The summed E-state index contributed by atoms with van der Waals surface area (Å²) in [5, 5.41) is 3.69. The van der Waals surface area contributed by atoms with Crippen molar-refractivity contribution < 1.29 is 14.3 Å². The van der Waals surface area contributed by atoms with Gasteiger partial charge in [-0.2, -0.15) is 0 Å². The van der Waals surface area contributed by atoms with E-state index in [4.69, 9.17) is 9.47 Å². The summed E-state index contributed by atoms with van der Waals surface area (Å²) in [6.07, 6.45) is 1.01. The fraction of sp³-hybridized carbons (Fsp3) is 0.438. The molecule has 2 aromatic rings. The van der Waals surface area contributed by atoms with Crippen LogP contribution < -0.4 is 14.8 Å². The van der Waals surface area contributed by atoms with E-state index >= 15 is 0 Å². The molecule has 5 nitrogen and oxygen atoms in total. The highest BCUT2D eigenvalue weighted by atomic mass is 16.5. The molecule has 1 aromatic heterocycles. The first kappa shape index (κ1) is 13.8. The molecule has 1 aromatic carbocycles. The smallest absolute Gasteiger partial charge is 0.267 e. The third-order valence-corrected chi connectivity index (χ3v) is 3.62. The van der Waals surface area contributed by atoms with Gasteiger partial charge in [0.05, 0.1) is 12.1 Å². The topological polar surface area (TPSA) is 63.3 Å². The van der Waals surface area contributed by atoms with Crippen LogP contribution in [0.2, 0.25) is 0 Å². The first-order chi connectivity index (χ1) is 10.1. The molecule has 21 heavy (non-hydrogen) atoms. The van der Waals surface area contributed by atoms with Gasteiger partial charge in [0.1, 0.15) is 23.3 Å². The molecular weight excluding hydrogens is 268 g/mol. The first-order valence-corrected chi connectivity index (χ1v) is 7.40. The zero-order chi connectivity index (χ0) is 15.0. The predicted octanol–water partition coefficient (Wildman–Crippen LogP) is 2.64. The van der Waals surface area contributed by atoms with Crippen LogP contribution in [-0.4, -0.2) is 30.1 Å². The van der Waals surface area contributed by atoms with Crippen LogP contribution in [0, 0.1) is 0 Å². The quantitative estimate of drug-likeness (QED) is 0.909. The number of hydrogen-bond donors (Lipinski definition) is 2. The fourth-order valence-corrected chi connectivity index (χ4v) is 2.78. The summed E-state index contributed by atoms with van der Waals surface area (Å²) in [7, 11) is 0. The van der Waals surface area contributed by atoms with Crippen molar-refractivity contribution in [1.82, 2.24) is 10.3 Å². The third-order valence-electron chi connectivity index (χ3n) is 3.62. The Kier molecular flexibility index (Phi) is 3.49. The lowest BCUT2D eigenvalue weighted by Gasteiger charge is -2.08. The van der Waals surface area contributed by atoms with Gasteiger partial charge in [-0.05, 0) is 32.9 Å². The van der Waals surface area contributed by atoms with Crippen LogP contribution in [0.5, 0.6) is 11.5 Å². The number of aromatic nitrogens is 1. The van der Waals surface area contributed by atoms with E-state index in [1.54, 1.807) is 0 Å². The summed E-state index contributed by atoms with van der Waals surface area (Å²) in [4.78, 5) is 15.2. The predicted molar refractivity (Wildman–Crippen MR) is 81.3 cm³/mol. The van der Waals surface area contributed by atoms with E-state index in [1.807, 2.05) is 32.9 Å². The molecule has 1 amide bonds. The monoisotopic (exact) mass is 288 g/mol. The Hall–Kier alpha value is -2.17. The number of carbonyl (C=O) groups is 1. The molecule has 1 aliphatic rings. The SMILES string of the molecule is CCNC(=O)c1cc2c(OCC)cc3c(c2[nH]1)O[C@H](C)C3. The number of hydrogen-bond acceptors (Lipinski definition) is 3. The molecule has 112 valence electrons. The van der Waals surface area contributed by atoms with Gasteiger partial charge in [0, 0.05) is 23.9 Å². The lowest BCUT2D eigenvalue weighted by Crippen LogP contribution is -2.22. The Balaban J connectivity index is 2.15. The van der Waals surface area contributed by atoms with E-state index in [-0.39, 0.29) is 12.0 Å². The van der Waals surface area contributed by atoms with E-state index in [1.165, 1.54) is 0 Å². The number of ether oxygens (including phenoxy) is 2. The van der Waals surface area contributed by atoms with Crippen LogP contribution in [0.15, 0.2) is 12.1 Å². The molecule has 0 saturated heterocycles. The van der Waals surface area contributed by atoms with Gasteiger partial charge < -0.3 is 19.8 Å². The molecule has 3 rings (SSSR count). The van der Waals surface area contributed by atoms with Gasteiger partial charge in [0.25, 0.3) is 5.91 Å². The van der Waals surface area contributed by atoms with Crippen LogP contribution in [-0.2, 0) is 6.42 Å². The number of carbonyl (C=O) groups excluding carboxylic acids is 1. The van der Waals surface area contributed by atoms with Crippen LogP contribution in [0.1, 0.15) is 36.8 Å². The van der Waals surface area contributed by atoms with Gasteiger partial charge >= 0.3 is 0 Å². The number of benzene rings is 1. The molecule has 0 saturated carbocycles. The van der Waals surface area contributed by atoms with Crippen LogP contribution in [0.3, 0.4) is 0 Å². The van der Waals surface area contributed by atoms with Gasteiger partial charge in [0.2, 0.25) is 0 Å². The number of aromatic amines is 1. The Bertz CT molecular complexity index is 690. The maximum atomic E-state index is 12.0. The molecule has 2 heterocycles. The second kappa shape index (κ2) is 5.31. The number of amides is 1. The third kappa shape index (κ3) is 2.33. The average molecular weight is 288 g/mol. The number of H-pyrrole nitrogens is 1. The van der Waals surface area contributed by atoms with E-state index < -0.39 is 0 Å². The molecule has 1 atom stereocenters. The molecular formula is C16H20N2O3. The fourth-order valence-electron chi connectivity index (χ4n) is 2.78. The molecule has 0 fully saturated rings. The molecule has 2 N–H and O–H groups in total. The van der Waals surface area contributed by atoms with E-state index in [2.05, 4.69) is 10.3 Å². The van der Waals surface area contributed by atoms with Crippen molar-refractivity contribution in [3.8, 4) is 11.5 Å². The highest BCUT2D eigenvalue weighted by molar-refractivity contribution is 6.02. The summed E-state index contributed by atoms with van der Waals surface area (Å²) in [5.41, 5.74) is 2.51. The Morgan fingerprint density at radius 2 is 2.29 bits per heavy atom. The van der Waals surface area contributed by atoms with E-state index in [0.717, 1.165) is 34.4 Å². The zero-order valence-corrected chi connectivity index (χ0v) is 12.6. The van der Waals surface area contributed by atoms with Gasteiger partial charge in [-0.3, -0.25) is 4.79 Å². The van der Waals surface area contributed by atoms with Crippen molar-refractivity contribution in [1.29, 1.82) is 0 Å². The highest BCUT2D eigenvalue weighted by Gasteiger charge is 2.26. The first-order valence-electron chi connectivity index (χ1n) is 7.40. The maximum absolute atomic E-state index is 12.0. The molecule has 1 aliphatic heterocycles. The van der Waals surface area contributed by atoms with Gasteiger partial charge in [-0.1, -0.05) is 0 Å². The number of fused-ring (bicyclic) bond motifs is 3. The summed E-state index contributed by atoms with van der Waals surface area (Å²) in [6.45, 7) is 7.08. The molecule has 0 spiro atoms. The van der Waals surface area contributed by atoms with Crippen molar-refractivity contribution in [3.05, 3.63) is 23.4 Å².